The number of benzene rings is 2. The van der Waals surface area contributed by atoms with E-state index in [0.29, 0.717) is 17.2 Å². The van der Waals surface area contributed by atoms with Crippen molar-refractivity contribution in [3.63, 3.8) is 0 Å². The van der Waals surface area contributed by atoms with Crippen LogP contribution in [-0.2, 0) is 0 Å². The summed E-state index contributed by atoms with van der Waals surface area (Å²) in [4.78, 5) is 4.49. The van der Waals surface area contributed by atoms with Crippen molar-refractivity contribution in [2.75, 3.05) is 0 Å². The fourth-order valence-corrected chi connectivity index (χ4v) is 2.14. The Hall–Kier alpha value is -2.88. The van der Waals surface area contributed by atoms with E-state index >= 15 is 0 Å². The van der Waals surface area contributed by atoms with E-state index in [1.54, 1.807) is 0 Å². The smallest absolute Gasteiger partial charge is 0.230 e. The van der Waals surface area contributed by atoms with Gasteiger partial charge in [0, 0.05) is 5.39 Å². The van der Waals surface area contributed by atoms with Crippen LogP contribution in [0.3, 0.4) is 0 Å². The molecule has 0 aliphatic heterocycles. The van der Waals surface area contributed by atoms with Crippen LogP contribution in [0, 0.1) is 12.3 Å². The average molecular weight is 277 g/mol. The molecule has 0 unspecified atom stereocenters. The molecule has 2 aromatic carbocycles. The van der Waals surface area contributed by atoms with E-state index in [0.717, 1.165) is 16.5 Å². The molecule has 4 heteroatoms. The minimum Gasteiger partial charge on any atom is -0.438 e. The Morgan fingerprint density at radius 1 is 1.10 bits per heavy atom. The lowest BCUT2D eigenvalue weighted by Gasteiger charge is -2.12. The summed E-state index contributed by atoms with van der Waals surface area (Å²) in [6.45, 7) is 1.96. The molecule has 0 radical (unpaired) electrons. The van der Waals surface area contributed by atoms with E-state index in [1.807, 2.05) is 61.5 Å². The number of rotatable bonds is 3. The highest BCUT2D eigenvalue weighted by atomic mass is 16.5. The third-order valence-corrected chi connectivity index (χ3v) is 3.28. The predicted octanol–water partition coefficient (Wildman–Crippen LogP) is 3.62. The lowest BCUT2D eigenvalue weighted by Crippen LogP contribution is -2.13. The lowest BCUT2D eigenvalue weighted by molar-refractivity contribution is 0.460. The Labute approximate surface area is 122 Å². The van der Waals surface area contributed by atoms with Gasteiger partial charge in [0.15, 0.2) is 0 Å². The molecule has 4 nitrogen and oxygen atoms in total. The van der Waals surface area contributed by atoms with E-state index in [4.69, 9.17) is 15.9 Å². The number of para-hydroxylation sites is 2. The van der Waals surface area contributed by atoms with Gasteiger partial charge in [-0.15, -0.1) is 0 Å². The first-order valence-electron chi connectivity index (χ1n) is 6.63. The first kappa shape index (κ1) is 13.1. The molecule has 0 aliphatic rings. The van der Waals surface area contributed by atoms with Crippen LogP contribution in [0.1, 0.15) is 11.1 Å². The number of hydrogen-bond acceptors (Lipinski definition) is 3. The number of amidine groups is 1. The van der Waals surface area contributed by atoms with Crippen LogP contribution in [-0.4, -0.2) is 10.8 Å². The van der Waals surface area contributed by atoms with E-state index < -0.39 is 0 Å². The SMILES string of the molecule is Cc1ccccc1Oc1nc2ccccc2cc1C(=N)N. The third-order valence-electron chi connectivity index (χ3n) is 3.28. The normalized spacial score (nSPS) is 10.5. The highest BCUT2D eigenvalue weighted by molar-refractivity contribution is 6.00. The van der Waals surface area contributed by atoms with Gasteiger partial charge >= 0.3 is 0 Å². The number of nitrogens with two attached hydrogens (primary N) is 1. The van der Waals surface area contributed by atoms with Crippen molar-refractivity contribution in [2.24, 2.45) is 5.73 Å². The molecule has 1 heterocycles. The Balaban J connectivity index is 2.14. The van der Waals surface area contributed by atoms with Crippen molar-refractivity contribution in [1.29, 1.82) is 5.41 Å². The number of fused-ring (bicyclic) bond motifs is 1. The number of hydrogen-bond donors (Lipinski definition) is 2. The Morgan fingerprint density at radius 2 is 1.81 bits per heavy atom. The molecule has 0 fully saturated rings. The third kappa shape index (κ3) is 2.56. The molecule has 0 saturated carbocycles. The Morgan fingerprint density at radius 3 is 2.57 bits per heavy atom. The van der Waals surface area contributed by atoms with Gasteiger partial charge in [-0.2, -0.15) is 0 Å². The molecule has 0 saturated heterocycles. The summed E-state index contributed by atoms with van der Waals surface area (Å²) < 4.78 is 5.88. The summed E-state index contributed by atoms with van der Waals surface area (Å²) in [7, 11) is 0. The second kappa shape index (κ2) is 5.25. The maximum atomic E-state index is 7.73. The van der Waals surface area contributed by atoms with E-state index in [9.17, 15) is 0 Å². The quantitative estimate of drug-likeness (QED) is 0.567. The van der Waals surface area contributed by atoms with Gasteiger partial charge in [0.25, 0.3) is 0 Å². The molecule has 1 aromatic heterocycles. The number of aryl methyl sites for hydroxylation is 1. The number of ether oxygens (including phenoxy) is 1. The first-order valence-corrected chi connectivity index (χ1v) is 6.63. The van der Waals surface area contributed by atoms with E-state index in [2.05, 4.69) is 4.98 Å². The van der Waals surface area contributed by atoms with Gasteiger partial charge in [-0.25, -0.2) is 4.98 Å². The van der Waals surface area contributed by atoms with Crippen molar-refractivity contribution < 1.29 is 4.74 Å². The topological polar surface area (TPSA) is 72.0 Å². The van der Waals surface area contributed by atoms with Gasteiger partial charge in [0.2, 0.25) is 5.88 Å². The molecule has 0 atom stereocenters. The summed E-state index contributed by atoms with van der Waals surface area (Å²) in [6.07, 6.45) is 0. The minimum atomic E-state index is -0.0585. The molecule has 0 amide bonds. The highest BCUT2D eigenvalue weighted by Gasteiger charge is 2.12. The highest BCUT2D eigenvalue weighted by Crippen LogP contribution is 2.28. The van der Waals surface area contributed by atoms with E-state index in [-0.39, 0.29) is 5.84 Å². The van der Waals surface area contributed by atoms with Crippen molar-refractivity contribution in [2.45, 2.75) is 6.92 Å². The molecular formula is C17H15N3O. The monoisotopic (exact) mass is 277 g/mol. The second-order valence-corrected chi connectivity index (χ2v) is 4.82. The number of nitrogens with one attached hydrogen (secondary N) is 1. The van der Waals surface area contributed by atoms with Crippen molar-refractivity contribution in [3.8, 4) is 11.6 Å². The van der Waals surface area contributed by atoms with Crippen LogP contribution < -0.4 is 10.5 Å². The molecule has 21 heavy (non-hydrogen) atoms. The summed E-state index contributed by atoms with van der Waals surface area (Å²) in [5.41, 5.74) is 7.97. The second-order valence-electron chi connectivity index (χ2n) is 4.82. The van der Waals surface area contributed by atoms with Crippen LogP contribution in [0.25, 0.3) is 10.9 Å². The molecule has 3 aromatic rings. The zero-order chi connectivity index (χ0) is 14.8. The predicted molar refractivity (Wildman–Crippen MR) is 84.0 cm³/mol. The lowest BCUT2D eigenvalue weighted by atomic mass is 10.1. The van der Waals surface area contributed by atoms with Crippen molar-refractivity contribution in [3.05, 3.63) is 65.7 Å². The standard InChI is InChI=1S/C17H15N3O/c1-11-6-2-5-9-15(11)21-17-13(16(18)19)10-12-7-3-4-8-14(12)20-17/h2-10H,1H3,(H3,18,19). The van der Waals surface area contributed by atoms with Gasteiger partial charge < -0.3 is 10.5 Å². The number of aromatic nitrogens is 1. The zero-order valence-corrected chi connectivity index (χ0v) is 11.6. The van der Waals surface area contributed by atoms with Gasteiger partial charge in [-0.1, -0.05) is 36.4 Å². The van der Waals surface area contributed by atoms with Gasteiger partial charge in [-0.05, 0) is 30.7 Å². The number of nitrogen functional groups attached to an aromatic ring is 1. The van der Waals surface area contributed by atoms with Crippen LogP contribution in [0.4, 0.5) is 0 Å². The minimum absolute atomic E-state index is 0.0585. The van der Waals surface area contributed by atoms with Gasteiger partial charge in [0.1, 0.15) is 11.6 Å². The maximum absolute atomic E-state index is 7.73. The van der Waals surface area contributed by atoms with Crippen molar-refractivity contribution in [1.82, 2.24) is 4.98 Å². The van der Waals surface area contributed by atoms with E-state index in [1.165, 1.54) is 0 Å². The Kier molecular flexibility index (Phi) is 3.28. The summed E-state index contributed by atoms with van der Waals surface area (Å²) in [5, 5.41) is 8.66. The molecule has 0 aliphatic carbocycles. The fraction of sp³-hybridized carbons (Fsp3) is 0.0588. The molecule has 3 N–H and O–H groups in total. The molecule has 0 bridgehead atoms. The summed E-state index contributed by atoms with van der Waals surface area (Å²) in [5.74, 6) is 1.01. The van der Waals surface area contributed by atoms with Crippen LogP contribution >= 0.6 is 0 Å². The summed E-state index contributed by atoms with van der Waals surface area (Å²) in [6, 6.07) is 17.2. The van der Waals surface area contributed by atoms with Crippen molar-refractivity contribution >= 4 is 16.7 Å². The number of nitrogens with zero attached hydrogens (tertiary/aromatic N) is 1. The molecule has 0 spiro atoms. The number of pyridine rings is 1. The summed E-state index contributed by atoms with van der Waals surface area (Å²) >= 11 is 0. The Bertz CT molecular complexity index is 827. The zero-order valence-electron chi connectivity index (χ0n) is 11.6. The van der Waals surface area contributed by atoms with Crippen LogP contribution in [0.2, 0.25) is 0 Å². The molecular weight excluding hydrogens is 262 g/mol. The molecule has 104 valence electrons. The first-order chi connectivity index (χ1) is 10.1. The largest absolute Gasteiger partial charge is 0.438 e. The van der Waals surface area contributed by atoms with Crippen LogP contribution in [0.15, 0.2) is 54.6 Å². The van der Waals surface area contributed by atoms with Gasteiger partial charge in [0.05, 0.1) is 11.1 Å². The fourth-order valence-electron chi connectivity index (χ4n) is 2.14. The maximum Gasteiger partial charge on any atom is 0.230 e. The average Bonchev–Trinajstić information content (AvgIpc) is 2.48. The van der Waals surface area contributed by atoms with Crippen LogP contribution in [0.5, 0.6) is 11.6 Å². The molecule has 3 rings (SSSR count). The van der Waals surface area contributed by atoms with Gasteiger partial charge in [-0.3, -0.25) is 5.41 Å².